The number of amides is 1. The zero-order chi connectivity index (χ0) is 14.7. The second-order valence-corrected chi connectivity index (χ2v) is 6.10. The molecule has 5 nitrogen and oxygen atoms in total. The molecule has 0 bridgehead atoms. The van der Waals surface area contributed by atoms with Gasteiger partial charge in [-0.3, -0.25) is 0 Å². The van der Waals surface area contributed by atoms with Gasteiger partial charge in [-0.2, -0.15) is 0 Å². The van der Waals surface area contributed by atoms with Crippen LogP contribution in [0.3, 0.4) is 0 Å². The van der Waals surface area contributed by atoms with Crippen molar-refractivity contribution in [3.63, 3.8) is 0 Å². The lowest BCUT2D eigenvalue weighted by Gasteiger charge is -2.25. The third-order valence-electron chi connectivity index (χ3n) is 3.06. The molecule has 0 spiro atoms. The number of carboxylic acids is 1. The van der Waals surface area contributed by atoms with Crippen LogP contribution in [-0.4, -0.2) is 34.5 Å². The first kappa shape index (κ1) is 15.7. The Bertz CT molecular complexity index is 345. The number of hydrogen-bond donors (Lipinski definition) is 2. The number of alkyl carbamates (subject to hydrolysis) is 1. The van der Waals surface area contributed by atoms with Crippen molar-refractivity contribution in [2.24, 2.45) is 0 Å². The second-order valence-electron chi connectivity index (χ2n) is 6.10. The molecule has 0 aromatic rings. The first-order valence-electron chi connectivity index (χ1n) is 6.53. The van der Waals surface area contributed by atoms with Crippen molar-refractivity contribution in [2.45, 2.75) is 70.2 Å². The van der Waals surface area contributed by atoms with Crippen LogP contribution >= 0.6 is 0 Å². The monoisotopic (exact) mass is 275 g/mol. The molecule has 0 radical (unpaired) electrons. The van der Waals surface area contributed by atoms with Gasteiger partial charge in [0.15, 0.2) is 0 Å². The molecule has 110 valence electrons. The van der Waals surface area contributed by atoms with Crippen molar-refractivity contribution in [1.82, 2.24) is 5.32 Å². The standard InChI is InChI=1S/C13H22FNO4/c1-12(2,3)19-11(18)15-9(10(16)17)8-13(14)6-4-5-7-13/h9H,4-8H2,1-3H3,(H,15,18)(H,16,17)/t9-/m0/s1. The number of carbonyl (C=O) groups excluding carboxylic acids is 1. The predicted molar refractivity (Wildman–Crippen MR) is 67.7 cm³/mol. The van der Waals surface area contributed by atoms with E-state index in [9.17, 15) is 14.0 Å². The third kappa shape index (κ3) is 5.44. The number of carbonyl (C=O) groups is 2. The van der Waals surface area contributed by atoms with E-state index in [-0.39, 0.29) is 6.42 Å². The molecule has 2 N–H and O–H groups in total. The van der Waals surface area contributed by atoms with E-state index in [2.05, 4.69) is 5.32 Å². The van der Waals surface area contributed by atoms with Crippen LogP contribution in [-0.2, 0) is 9.53 Å². The quantitative estimate of drug-likeness (QED) is 0.827. The maximum atomic E-state index is 14.3. The van der Waals surface area contributed by atoms with Gasteiger partial charge in [0.05, 0.1) is 0 Å². The van der Waals surface area contributed by atoms with Gasteiger partial charge in [0.2, 0.25) is 0 Å². The minimum absolute atomic E-state index is 0.207. The summed E-state index contributed by atoms with van der Waals surface area (Å²) in [6.45, 7) is 5.03. The Kier molecular flexibility index (Phi) is 4.76. The zero-order valence-corrected chi connectivity index (χ0v) is 11.7. The van der Waals surface area contributed by atoms with Crippen molar-refractivity contribution >= 4 is 12.1 Å². The summed E-state index contributed by atoms with van der Waals surface area (Å²) in [4.78, 5) is 22.6. The summed E-state index contributed by atoms with van der Waals surface area (Å²) in [5, 5.41) is 11.3. The van der Waals surface area contributed by atoms with Gasteiger partial charge in [-0.05, 0) is 33.6 Å². The van der Waals surface area contributed by atoms with Gasteiger partial charge in [-0.1, -0.05) is 12.8 Å². The topological polar surface area (TPSA) is 75.6 Å². The summed E-state index contributed by atoms with van der Waals surface area (Å²) >= 11 is 0. The fourth-order valence-corrected chi connectivity index (χ4v) is 2.23. The number of hydrogen-bond acceptors (Lipinski definition) is 3. The SMILES string of the molecule is CC(C)(C)OC(=O)N[C@@H](CC1(F)CCCC1)C(=O)O. The van der Waals surface area contributed by atoms with E-state index in [1.54, 1.807) is 20.8 Å². The molecule has 1 rings (SSSR count). The minimum Gasteiger partial charge on any atom is -0.480 e. The van der Waals surface area contributed by atoms with Crippen molar-refractivity contribution in [3.8, 4) is 0 Å². The molecule has 1 amide bonds. The van der Waals surface area contributed by atoms with Crippen LogP contribution in [0, 0.1) is 0 Å². The lowest BCUT2D eigenvalue weighted by molar-refractivity contribution is -0.140. The van der Waals surface area contributed by atoms with Gasteiger partial charge in [0, 0.05) is 6.42 Å². The molecule has 1 aliphatic rings. The van der Waals surface area contributed by atoms with Crippen LogP contribution in [0.15, 0.2) is 0 Å². The highest BCUT2D eigenvalue weighted by Crippen LogP contribution is 2.37. The Hall–Kier alpha value is -1.33. The normalized spacial score (nSPS) is 19.8. The van der Waals surface area contributed by atoms with Crippen LogP contribution in [0.1, 0.15) is 52.9 Å². The summed E-state index contributed by atoms with van der Waals surface area (Å²) in [6.07, 6.45) is 1.19. The predicted octanol–water partition coefficient (Wildman–Crippen LogP) is 2.64. The molecule has 0 saturated heterocycles. The minimum atomic E-state index is -1.49. The van der Waals surface area contributed by atoms with Gasteiger partial charge >= 0.3 is 12.1 Å². The molecule has 0 unspecified atom stereocenters. The largest absolute Gasteiger partial charge is 0.480 e. The van der Waals surface area contributed by atoms with Gasteiger partial charge in [0.25, 0.3) is 0 Å². The molecule has 0 heterocycles. The van der Waals surface area contributed by atoms with Crippen LogP contribution in [0.2, 0.25) is 0 Å². The molecule has 0 aromatic carbocycles. The Labute approximate surface area is 112 Å². The van der Waals surface area contributed by atoms with Gasteiger partial charge in [-0.15, -0.1) is 0 Å². The smallest absolute Gasteiger partial charge is 0.408 e. The van der Waals surface area contributed by atoms with Crippen LogP contribution < -0.4 is 5.32 Å². The van der Waals surface area contributed by atoms with Gasteiger partial charge < -0.3 is 15.2 Å². The Balaban J connectivity index is 2.58. The number of carboxylic acid groups (broad SMARTS) is 1. The average Bonchev–Trinajstić information content (AvgIpc) is 2.61. The van der Waals surface area contributed by atoms with Crippen molar-refractivity contribution in [2.75, 3.05) is 0 Å². The highest BCUT2D eigenvalue weighted by Gasteiger charge is 2.39. The lowest BCUT2D eigenvalue weighted by Crippen LogP contribution is -2.46. The number of halogens is 1. The Morgan fingerprint density at radius 1 is 1.37 bits per heavy atom. The number of ether oxygens (including phenoxy) is 1. The van der Waals surface area contributed by atoms with Crippen molar-refractivity contribution < 1.29 is 23.8 Å². The van der Waals surface area contributed by atoms with E-state index < -0.39 is 29.4 Å². The Morgan fingerprint density at radius 3 is 2.32 bits per heavy atom. The molecule has 0 aromatic heterocycles. The highest BCUT2D eigenvalue weighted by atomic mass is 19.1. The van der Waals surface area contributed by atoms with Crippen LogP contribution in [0.4, 0.5) is 9.18 Å². The summed E-state index contributed by atoms with van der Waals surface area (Å²) in [6, 6.07) is -1.25. The van der Waals surface area contributed by atoms with Crippen LogP contribution in [0.5, 0.6) is 0 Å². The average molecular weight is 275 g/mol. The molecule has 19 heavy (non-hydrogen) atoms. The maximum Gasteiger partial charge on any atom is 0.408 e. The van der Waals surface area contributed by atoms with Gasteiger partial charge in [-0.25, -0.2) is 14.0 Å². The van der Waals surface area contributed by atoms with Gasteiger partial charge in [0.1, 0.15) is 17.3 Å². The zero-order valence-electron chi connectivity index (χ0n) is 11.7. The number of aliphatic carboxylic acids is 1. The summed E-state index contributed by atoms with van der Waals surface area (Å²) in [5.74, 6) is -1.24. The van der Waals surface area contributed by atoms with E-state index in [0.29, 0.717) is 12.8 Å². The molecule has 1 fully saturated rings. The van der Waals surface area contributed by atoms with Crippen molar-refractivity contribution in [3.05, 3.63) is 0 Å². The van der Waals surface area contributed by atoms with E-state index in [4.69, 9.17) is 9.84 Å². The molecular formula is C13H22FNO4. The lowest BCUT2D eigenvalue weighted by atomic mass is 9.95. The van der Waals surface area contributed by atoms with E-state index >= 15 is 0 Å². The summed E-state index contributed by atoms with van der Waals surface area (Å²) in [7, 11) is 0. The summed E-state index contributed by atoms with van der Waals surface area (Å²) < 4.78 is 19.2. The number of alkyl halides is 1. The first-order valence-corrected chi connectivity index (χ1v) is 6.53. The Morgan fingerprint density at radius 2 is 1.89 bits per heavy atom. The molecule has 1 aliphatic carbocycles. The third-order valence-corrected chi connectivity index (χ3v) is 3.06. The molecule has 1 saturated carbocycles. The second kappa shape index (κ2) is 5.75. The van der Waals surface area contributed by atoms with E-state index in [1.165, 1.54) is 0 Å². The molecule has 6 heteroatoms. The fourth-order valence-electron chi connectivity index (χ4n) is 2.23. The fraction of sp³-hybridized carbons (Fsp3) is 0.846. The maximum absolute atomic E-state index is 14.3. The number of nitrogens with one attached hydrogen (secondary N) is 1. The molecular weight excluding hydrogens is 253 g/mol. The highest BCUT2D eigenvalue weighted by molar-refractivity contribution is 5.80. The first-order chi connectivity index (χ1) is 8.61. The number of rotatable bonds is 4. The van der Waals surface area contributed by atoms with Crippen LogP contribution in [0.25, 0.3) is 0 Å². The van der Waals surface area contributed by atoms with E-state index in [0.717, 1.165) is 12.8 Å². The summed E-state index contributed by atoms with van der Waals surface area (Å²) in [5.41, 5.74) is -2.20. The van der Waals surface area contributed by atoms with E-state index in [1.807, 2.05) is 0 Å². The molecule has 1 atom stereocenters. The molecule has 0 aliphatic heterocycles. The van der Waals surface area contributed by atoms with Crippen molar-refractivity contribution in [1.29, 1.82) is 0 Å².